The molecule has 0 spiro atoms. The molecule has 40 heavy (non-hydrogen) atoms. The molecule has 0 saturated carbocycles. The van der Waals surface area contributed by atoms with Gasteiger partial charge in [0.15, 0.2) is 0 Å². The van der Waals surface area contributed by atoms with Gasteiger partial charge in [-0.1, -0.05) is 96.1 Å². The van der Waals surface area contributed by atoms with Gasteiger partial charge in [-0.3, -0.25) is 0 Å². The highest BCUT2D eigenvalue weighted by molar-refractivity contribution is 7.95. The second-order valence-corrected chi connectivity index (χ2v) is 17.1. The van der Waals surface area contributed by atoms with Crippen LogP contribution in [0.2, 0.25) is 0 Å². The number of hydrogen-bond donors (Lipinski definition) is 1. The van der Waals surface area contributed by atoms with Crippen molar-refractivity contribution in [3.8, 4) is 5.75 Å². The van der Waals surface area contributed by atoms with Crippen LogP contribution >= 0.6 is 7.26 Å². The van der Waals surface area contributed by atoms with Gasteiger partial charge in [-0.15, -0.1) is 0 Å². The summed E-state index contributed by atoms with van der Waals surface area (Å²) in [5.41, 5.74) is 0.0268. The summed E-state index contributed by atoms with van der Waals surface area (Å²) in [7, 11) is -6.08. The molecule has 0 radical (unpaired) electrons. The second kappa shape index (κ2) is 12.3. The van der Waals surface area contributed by atoms with Crippen molar-refractivity contribution < 1.29 is 18.1 Å². The maximum atomic E-state index is 11.3. The van der Waals surface area contributed by atoms with Crippen LogP contribution in [-0.2, 0) is 20.9 Å². The predicted octanol–water partition coefficient (Wildman–Crippen LogP) is 6.89. The van der Waals surface area contributed by atoms with Gasteiger partial charge < -0.3 is 9.66 Å². The van der Waals surface area contributed by atoms with Crippen molar-refractivity contribution in [1.29, 1.82) is 0 Å². The highest BCUT2D eigenvalue weighted by Crippen LogP contribution is 2.54. The second-order valence-electron chi connectivity index (χ2n) is 12.0. The summed E-state index contributed by atoms with van der Waals surface area (Å²) in [5, 5.41) is 14.7. The molecule has 4 rings (SSSR count). The third kappa shape index (κ3) is 7.01. The lowest BCUT2D eigenvalue weighted by Gasteiger charge is -2.28. The van der Waals surface area contributed by atoms with E-state index < -0.39 is 28.2 Å². The largest absolute Gasteiger partial charge is 0.744 e. The molecule has 0 aliphatic heterocycles. The van der Waals surface area contributed by atoms with Gasteiger partial charge in [-0.05, 0) is 66.3 Å². The number of phenols is 1. The Morgan fingerprint density at radius 3 is 1.18 bits per heavy atom. The van der Waals surface area contributed by atoms with Crippen molar-refractivity contribution in [2.75, 3.05) is 6.16 Å². The zero-order chi connectivity index (χ0) is 29.8. The minimum Gasteiger partial charge on any atom is -0.744 e. The van der Waals surface area contributed by atoms with E-state index >= 15 is 0 Å². The van der Waals surface area contributed by atoms with Gasteiger partial charge in [0.1, 0.15) is 39.0 Å². The molecule has 4 aromatic carbocycles. The van der Waals surface area contributed by atoms with Crippen LogP contribution in [0.4, 0.5) is 0 Å². The third-order valence-electron chi connectivity index (χ3n) is 7.05. The third-order valence-corrected chi connectivity index (χ3v) is 12.4. The molecule has 0 unspecified atom stereocenters. The van der Waals surface area contributed by atoms with Crippen LogP contribution in [-0.4, -0.2) is 24.2 Å². The van der Waals surface area contributed by atoms with E-state index in [1.54, 1.807) is 0 Å². The standard InChI is InChI=1S/C20H20P.C14H22O4S/c1-2-21(18-12-6-3-7-13-18,19-14-8-4-9-15-19)20-16-10-5-11-17-20;1-13(2,3)10-7-9(19(16,17)18)8-11(12(10)15)14(4,5)6/h3-17H,2H2,1H3;7-8,15H,1-6H3,(H,16,17,18)/q+1;/p-1. The average molecular weight is 577 g/mol. The van der Waals surface area contributed by atoms with E-state index in [0.29, 0.717) is 11.1 Å². The van der Waals surface area contributed by atoms with E-state index in [9.17, 15) is 18.1 Å². The van der Waals surface area contributed by atoms with E-state index in [4.69, 9.17) is 0 Å². The molecular weight excluding hydrogens is 535 g/mol. The molecule has 0 atom stereocenters. The lowest BCUT2D eigenvalue weighted by atomic mass is 9.79. The van der Waals surface area contributed by atoms with Crippen LogP contribution in [0.15, 0.2) is 108 Å². The number of phenolic OH excluding ortho intramolecular Hbond substituents is 1. The fraction of sp³-hybridized carbons (Fsp3) is 0.294. The topological polar surface area (TPSA) is 77.4 Å². The minimum atomic E-state index is -4.55. The van der Waals surface area contributed by atoms with Gasteiger partial charge in [-0.2, -0.15) is 0 Å². The summed E-state index contributed by atoms with van der Waals surface area (Å²) in [4.78, 5) is -0.292. The number of benzene rings is 4. The molecule has 4 aromatic rings. The molecule has 0 aromatic heterocycles. The van der Waals surface area contributed by atoms with E-state index in [1.807, 2.05) is 41.5 Å². The lowest BCUT2D eigenvalue weighted by molar-refractivity contribution is 0.420. The van der Waals surface area contributed by atoms with Crippen LogP contribution in [0.25, 0.3) is 0 Å². The highest BCUT2D eigenvalue weighted by atomic mass is 32.2. The van der Waals surface area contributed by atoms with Gasteiger partial charge in [0, 0.05) is 11.1 Å². The summed E-state index contributed by atoms with van der Waals surface area (Å²) in [6.07, 6.45) is 1.14. The molecule has 0 aliphatic rings. The van der Waals surface area contributed by atoms with Crippen molar-refractivity contribution in [1.82, 2.24) is 0 Å². The van der Waals surface area contributed by atoms with Crippen molar-refractivity contribution in [3.63, 3.8) is 0 Å². The first-order chi connectivity index (χ1) is 18.6. The minimum absolute atomic E-state index is 0.0624. The normalized spacial score (nSPS) is 12.4. The van der Waals surface area contributed by atoms with Crippen LogP contribution in [0.3, 0.4) is 0 Å². The zero-order valence-corrected chi connectivity index (χ0v) is 26.3. The molecule has 0 fully saturated rings. The van der Waals surface area contributed by atoms with Crippen molar-refractivity contribution in [2.45, 2.75) is 64.2 Å². The van der Waals surface area contributed by atoms with Gasteiger partial charge in [0.25, 0.3) is 0 Å². The van der Waals surface area contributed by atoms with E-state index in [1.165, 1.54) is 28.0 Å². The van der Waals surface area contributed by atoms with Gasteiger partial charge in [0.05, 0.1) is 11.1 Å². The highest BCUT2D eigenvalue weighted by Gasteiger charge is 2.43. The fourth-order valence-electron chi connectivity index (χ4n) is 4.94. The fourth-order valence-corrected chi connectivity index (χ4v) is 9.50. The van der Waals surface area contributed by atoms with Crippen molar-refractivity contribution in [3.05, 3.63) is 114 Å². The van der Waals surface area contributed by atoms with E-state index in [-0.39, 0.29) is 10.6 Å². The molecule has 0 bridgehead atoms. The number of aromatic hydroxyl groups is 1. The SMILES string of the molecule is CC(C)(C)c1cc(S(=O)(=O)[O-])cc(C(C)(C)C)c1O.CC[P+](c1ccccc1)(c1ccccc1)c1ccccc1. The van der Waals surface area contributed by atoms with Gasteiger partial charge in [0.2, 0.25) is 0 Å². The first kappa shape index (κ1) is 31.5. The molecule has 0 amide bonds. The smallest absolute Gasteiger partial charge is 0.124 e. The predicted molar refractivity (Wildman–Crippen MR) is 169 cm³/mol. The Balaban J connectivity index is 0.000000222. The molecule has 6 heteroatoms. The molecule has 212 valence electrons. The first-order valence-corrected chi connectivity index (χ1v) is 16.9. The molecule has 0 saturated heterocycles. The number of hydrogen-bond acceptors (Lipinski definition) is 4. The molecule has 4 nitrogen and oxygen atoms in total. The average Bonchev–Trinajstić information content (AvgIpc) is 2.90. The Morgan fingerprint density at radius 1 is 0.650 bits per heavy atom. The first-order valence-electron chi connectivity index (χ1n) is 13.5. The summed E-state index contributed by atoms with van der Waals surface area (Å²) >= 11 is 0. The van der Waals surface area contributed by atoms with E-state index in [2.05, 4.69) is 97.9 Å². The Labute approximate surface area is 241 Å². The Bertz CT molecular complexity index is 1370. The summed E-state index contributed by atoms with van der Waals surface area (Å²) in [6.45, 7) is 13.5. The summed E-state index contributed by atoms with van der Waals surface area (Å²) in [6, 6.07) is 35.5. The Morgan fingerprint density at radius 2 is 0.950 bits per heavy atom. The van der Waals surface area contributed by atoms with Crippen molar-refractivity contribution in [2.24, 2.45) is 0 Å². The van der Waals surface area contributed by atoms with Crippen molar-refractivity contribution >= 4 is 33.3 Å². The maximum Gasteiger partial charge on any atom is 0.124 e. The van der Waals surface area contributed by atoms with Crippen LogP contribution in [0.1, 0.15) is 59.6 Å². The Kier molecular flexibility index (Phi) is 9.67. The Hall–Kier alpha value is -2.98. The van der Waals surface area contributed by atoms with Gasteiger partial charge in [-0.25, -0.2) is 8.42 Å². The monoisotopic (exact) mass is 576 g/mol. The molecule has 1 N–H and O–H groups in total. The quantitative estimate of drug-likeness (QED) is 0.207. The lowest BCUT2D eigenvalue weighted by Crippen LogP contribution is -2.32. The van der Waals surface area contributed by atoms with Crippen LogP contribution < -0.4 is 15.9 Å². The maximum absolute atomic E-state index is 11.3. The number of rotatable bonds is 5. The van der Waals surface area contributed by atoms with E-state index in [0.717, 1.165) is 6.16 Å². The summed E-state index contributed by atoms with van der Waals surface area (Å²) < 4.78 is 33.8. The summed E-state index contributed by atoms with van der Waals surface area (Å²) in [5.74, 6) is 0.0624. The van der Waals surface area contributed by atoms with Crippen LogP contribution in [0, 0.1) is 0 Å². The van der Waals surface area contributed by atoms with Gasteiger partial charge >= 0.3 is 0 Å². The molecule has 0 aliphatic carbocycles. The molecular formula is C34H41O4PS. The zero-order valence-electron chi connectivity index (χ0n) is 24.5. The van der Waals surface area contributed by atoms with Crippen LogP contribution in [0.5, 0.6) is 5.75 Å². The molecule has 0 heterocycles.